The minimum absolute atomic E-state index is 0.420. The Morgan fingerprint density at radius 1 is 0.767 bits per heavy atom. The van der Waals surface area contributed by atoms with Gasteiger partial charge in [0.15, 0.2) is 5.76 Å². The highest BCUT2D eigenvalue weighted by Gasteiger charge is 2.09. The van der Waals surface area contributed by atoms with E-state index in [1.807, 2.05) is 85.1 Å². The molecule has 142 valence electrons. The van der Waals surface area contributed by atoms with Crippen molar-refractivity contribution in [1.82, 2.24) is 4.98 Å². The van der Waals surface area contributed by atoms with Crippen LogP contribution in [0.15, 0.2) is 101 Å². The van der Waals surface area contributed by atoms with Crippen LogP contribution in [0.2, 0.25) is 0 Å². The monoisotopic (exact) mass is 388 g/mol. The summed E-state index contributed by atoms with van der Waals surface area (Å²) in [5.74, 6) is 6.82. The van der Waals surface area contributed by atoms with Gasteiger partial charge in [0.25, 0.3) is 0 Å². The molecule has 0 saturated carbocycles. The number of pyridine rings is 1. The highest BCUT2D eigenvalue weighted by Crippen LogP contribution is 2.24. The van der Waals surface area contributed by atoms with Gasteiger partial charge in [0.2, 0.25) is 0 Å². The van der Waals surface area contributed by atoms with Gasteiger partial charge in [0, 0.05) is 34.2 Å². The van der Waals surface area contributed by atoms with E-state index < -0.39 is 0 Å². The third-order valence-electron chi connectivity index (χ3n) is 4.86. The van der Waals surface area contributed by atoms with E-state index in [4.69, 9.17) is 4.42 Å². The lowest BCUT2D eigenvalue weighted by atomic mass is 10.1. The van der Waals surface area contributed by atoms with Gasteiger partial charge in [-0.15, -0.1) is 0 Å². The fourth-order valence-electron chi connectivity index (χ4n) is 3.34. The molecule has 0 spiro atoms. The summed E-state index contributed by atoms with van der Waals surface area (Å²) in [6.45, 7) is 0. The maximum Gasteiger partial charge on any atom is 0.155 e. The molecule has 0 atom stereocenters. The van der Waals surface area contributed by atoms with E-state index in [2.05, 4.69) is 22.0 Å². The van der Waals surface area contributed by atoms with E-state index in [0.717, 1.165) is 21.9 Å². The number of benzene rings is 3. The van der Waals surface area contributed by atoms with Gasteiger partial charge >= 0.3 is 0 Å². The molecule has 5 rings (SSSR count). The van der Waals surface area contributed by atoms with Crippen molar-refractivity contribution in [2.75, 3.05) is 0 Å². The van der Waals surface area contributed by atoms with Crippen molar-refractivity contribution in [3.05, 3.63) is 108 Å². The van der Waals surface area contributed by atoms with Gasteiger partial charge in [-0.1, -0.05) is 59.5 Å². The zero-order valence-electron chi connectivity index (χ0n) is 15.9. The summed E-state index contributed by atoms with van der Waals surface area (Å²) in [6, 6.07) is 27.0. The molecule has 4 nitrogen and oxygen atoms in total. The molecule has 0 bridgehead atoms. The van der Waals surface area contributed by atoms with Crippen LogP contribution in [0.1, 0.15) is 11.1 Å². The number of aromatic nitrogens is 1. The SMILES string of the molecule is O/N=c1/cc(-c2cc3ccccc3cn2)oc2cc(C#Cc3ccccc3)ccc12. The number of hydrogen-bond donors (Lipinski definition) is 1. The predicted molar refractivity (Wildman–Crippen MR) is 117 cm³/mol. The quantitative estimate of drug-likeness (QED) is 0.240. The molecule has 0 radical (unpaired) electrons. The molecular weight excluding hydrogens is 372 g/mol. The number of fused-ring (bicyclic) bond motifs is 2. The van der Waals surface area contributed by atoms with Crippen LogP contribution < -0.4 is 5.36 Å². The first-order valence-corrected chi connectivity index (χ1v) is 9.48. The molecule has 0 aliphatic heterocycles. The minimum Gasteiger partial charge on any atom is -0.454 e. The Morgan fingerprint density at radius 3 is 2.37 bits per heavy atom. The predicted octanol–water partition coefficient (Wildman–Crippen LogP) is 5.34. The molecule has 5 aromatic rings. The Balaban J connectivity index is 1.63. The number of nitrogens with zero attached hydrogens (tertiary/aromatic N) is 2. The molecule has 30 heavy (non-hydrogen) atoms. The average molecular weight is 388 g/mol. The van der Waals surface area contributed by atoms with Gasteiger partial charge in [-0.05, 0) is 41.8 Å². The standard InChI is InChI=1S/C26H16N2O2/c29-28-23-16-26(24-15-20-8-4-5-9-21(20)17-27-24)30-25-14-19(12-13-22(23)25)11-10-18-6-2-1-3-7-18/h1-9,12-17,29H/b28-23-. The molecule has 0 amide bonds. The summed E-state index contributed by atoms with van der Waals surface area (Å²) < 4.78 is 6.13. The fraction of sp³-hybridized carbons (Fsp3) is 0. The van der Waals surface area contributed by atoms with Gasteiger partial charge in [-0.25, -0.2) is 0 Å². The summed E-state index contributed by atoms with van der Waals surface area (Å²) in [5, 5.41) is 16.2. The molecule has 0 aliphatic rings. The molecule has 0 unspecified atom stereocenters. The van der Waals surface area contributed by atoms with E-state index in [1.165, 1.54) is 0 Å². The molecule has 2 aromatic heterocycles. The van der Waals surface area contributed by atoms with E-state index >= 15 is 0 Å². The van der Waals surface area contributed by atoms with Crippen LogP contribution >= 0.6 is 0 Å². The van der Waals surface area contributed by atoms with Crippen molar-refractivity contribution >= 4 is 21.7 Å². The zero-order valence-corrected chi connectivity index (χ0v) is 15.9. The highest BCUT2D eigenvalue weighted by molar-refractivity contribution is 5.85. The Kier molecular flexibility index (Phi) is 4.47. The van der Waals surface area contributed by atoms with Gasteiger partial charge < -0.3 is 9.62 Å². The lowest BCUT2D eigenvalue weighted by Crippen LogP contribution is -2.04. The van der Waals surface area contributed by atoms with Crippen molar-refractivity contribution in [3.63, 3.8) is 0 Å². The van der Waals surface area contributed by atoms with Crippen LogP contribution in [0.5, 0.6) is 0 Å². The van der Waals surface area contributed by atoms with Crippen LogP contribution in [-0.4, -0.2) is 10.2 Å². The minimum atomic E-state index is 0.420. The van der Waals surface area contributed by atoms with Crippen LogP contribution in [-0.2, 0) is 0 Å². The smallest absolute Gasteiger partial charge is 0.155 e. The van der Waals surface area contributed by atoms with Crippen molar-refractivity contribution < 1.29 is 9.62 Å². The van der Waals surface area contributed by atoms with E-state index in [1.54, 1.807) is 6.07 Å². The molecule has 0 aliphatic carbocycles. The molecule has 0 fully saturated rings. The van der Waals surface area contributed by atoms with Crippen LogP contribution in [0, 0.1) is 11.8 Å². The molecule has 2 heterocycles. The summed E-state index contributed by atoms with van der Waals surface area (Å²) in [7, 11) is 0. The second-order valence-electron chi connectivity index (χ2n) is 6.84. The Bertz CT molecular complexity index is 1510. The van der Waals surface area contributed by atoms with Crippen molar-refractivity contribution in [3.8, 4) is 23.3 Å². The second-order valence-corrected chi connectivity index (χ2v) is 6.84. The van der Waals surface area contributed by atoms with E-state index in [-0.39, 0.29) is 0 Å². The summed E-state index contributed by atoms with van der Waals surface area (Å²) in [5.41, 5.74) is 2.99. The Labute approximate surface area is 172 Å². The topological polar surface area (TPSA) is 58.6 Å². The van der Waals surface area contributed by atoms with Gasteiger partial charge in [0.1, 0.15) is 16.6 Å². The van der Waals surface area contributed by atoms with Gasteiger partial charge in [-0.3, -0.25) is 4.98 Å². The average Bonchev–Trinajstić information content (AvgIpc) is 2.82. The zero-order chi connectivity index (χ0) is 20.3. The molecule has 1 N–H and O–H groups in total. The largest absolute Gasteiger partial charge is 0.454 e. The van der Waals surface area contributed by atoms with Crippen molar-refractivity contribution in [2.45, 2.75) is 0 Å². The Morgan fingerprint density at radius 2 is 1.53 bits per heavy atom. The highest BCUT2D eigenvalue weighted by atomic mass is 16.4. The van der Waals surface area contributed by atoms with Crippen molar-refractivity contribution in [2.24, 2.45) is 5.16 Å². The normalized spacial score (nSPS) is 11.4. The molecular formula is C26H16N2O2. The van der Waals surface area contributed by atoms with E-state index in [9.17, 15) is 5.21 Å². The second kappa shape index (κ2) is 7.57. The molecule has 4 heteroatoms. The van der Waals surface area contributed by atoms with E-state index in [0.29, 0.717) is 27.8 Å². The first kappa shape index (κ1) is 17.7. The van der Waals surface area contributed by atoms with Gasteiger partial charge in [-0.2, -0.15) is 0 Å². The van der Waals surface area contributed by atoms with Gasteiger partial charge in [0.05, 0.1) is 0 Å². The maximum absolute atomic E-state index is 9.54. The lowest BCUT2D eigenvalue weighted by Gasteiger charge is -2.05. The van der Waals surface area contributed by atoms with Crippen molar-refractivity contribution in [1.29, 1.82) is 0 Å². The fourth-order valence-corrected chi connectivity index (χ4v) is 3.34. The third-order valence-corrected chi connectivity index (χ3v) is 4.86. The summed E-state index contributed by atoms with van der Waals surface area (Å²) in [4.78, 5) is 4.51. The van der Waals surface area contributed by atoms with Crippen LogP contribution in [0.3, 0.4) is 0 Å². The first-order valence-electron chi connectivity index (χ1n) is 9.48. The lowest BCUT2D eigenvalue weighted by molar-refractivity contribution is 0.302. The summed E-state index contributed by atoms with van der Waals surface area (Å²) >= 11 is 0. The first-order chi connectivity index (χ1) is 14.8. The molecule has 3 aromatic carbocycles. The molecule has 0 saturated heterocycles. The Hall–Kier alpha value is -4.36. The van der Waals surface area contributed by atoms with Crippen LogP contribution in [0.25, 0.3) is 33.2 Å². The third kappa shape index (κ3) is 3.41. The van der Waals surface area contributed by atoms with Crippen LogP contribution in [0.4, 0.5) is 0 Å². The summed E-state index contributed by atoms with van der Waals surface area (Å²) in [6.07, 6.45) is 1.81. The number of rotatable bonds is 1. The number of hydrogen-bond acceptors (Lipinski definition) is 4. The maximum atomic E-state index is 9.54.